The second-order valence-corrected chi connectivity index (χ2v) is 10.3. The minimum absolute atomic E-state index is 0.0328. The molecule has 1 atom stereocenters. The zero-order chi connectivity index (χ0) is 20.6. The van der Waals surface area contributed by atoms with E-state index >= 15 is 0 Å². The average molecular weight is 427 g/mol. The van der Waals surface area contributed by atoms with Crippen molar-refractivity contribution in [3.8, 4) is 0 Å². The lowest BCUT2D eigenvalue weighted by atomic mass is 9.96. The lowest BCUT2D eigenvalue weighted by Gasteiger charge is -2.40. The van der Waals surface area contributed by atoms with Crippen molar-refractivity contribution in [2.45, 2.75) is 56.4 Å². The average Bonchev–Trinajstić information content (AvgIpc) is 3.39. The van der Waals surface area contributed by atoms with E-state index in [-0.39, 0.29) is 29.4 Å². The predicted octanol–water partition coefficient (Wildman–Crippen LogP) is 1.23. The van der Waals surface area contributed by atoms with Crippen LogP contribution in [-0.4, -0.2) is 78.3 Å². The maximum absolute atomic E-state index is 13.1. The van der Waals surface area contributed by atoms with Gasteiger partial charge in [0.2, 0.25) is 5.91 Å². The van der Waals surface area contributed by atoms with Gasteiger partial charge in [-0.1, -0.05) is 0 Å². The summed E-state index contributed by atoms with van der Waals surface area (Å²) in [4.78, 5) is 19.0. The molecule has 0 saturated carbocycles. The van der Waals surface area contributed by atoms with Crippen molar-refractivity contribution in [3.05, 3.63) is 12.5 Å². The normalized spacial score (nSPS) is 25.8. The molecule has 3 aliphatic heterocycles. The van der Waals surface area contributed by atoms with Crippen LogP contribution in [0.3, 0.4) is 0 Å². The van der Waals surface area contributed by atoms with Gasteiger partial charge in [-0.05, 0) is 26.7 Å². The number of hydrogen-bond donors (Lipinski definition) is 0. The molecule has 0 bridgehead atoms. The second kappa shape index (κ2) is 7.98. The highest BCUT2D eigenvalue weighted by atomic mass is 32.2. The molecule has 0 radical (unpaired) electrons. The fourth-order valence-corrected chi connectivity index (χ4v) is 5.79. The molecular weight excluding hydrogens is 396 g/mol. The third-order valence-electron chi connectivity index (χ3n) is 6.16. The molecule has 10 heteroatoms. The second-order valence-electron chi connectivity index (χ2n) is 8.39. The Morgan fingerprint density at radius 1 is 1.21 bits per heavy atom. The summed E-state index contributed by atoms with van der Waals surface area (Å²) < 4.78 is 40.7. The van der Waals surface area contributed by atoms with E-state index in [4.69, 9.17) is 9.47 Å². The number of likely N-dealkylation sites (tertiary alicyclic amines) is 1. The molecule has 162 valence electrons. The maximum atomic E-state index is 13.1. The third-order valence-corrected chi connectivity index (χ3v) is 7.91. The molecule has 1 aromatic rings. The van der Waals surface area contributed by atoms with Crippen molar-refractivity contribution < 1.29 is 22.7 Å². The van der Waals surface area contributed by atoms with E-state index in [1.165, 1.54) is 4.31 Å². The smallest absolute Gasteiger partial charge is 0.262 e. The molecule has 0 aromatic carbocycles. The molecule has 0 N–H and O–H groups in total. The Labute approximate surface area is 172 Å². The van der Waals surface area contributed by atoms with Gasteiger partial charge in [0.1, 0.15) is 0 Å². The Hall–Kier alpha value is -1.49. The maximum Gasteiger partial charge on any atom is 0.262 e. The van der Waals surface area contributed by atoms with Gasteiger partial charge in [0.15, 0.2) is 10.8 Å². The van der Waals surface area contributed by atoms with E-state index < -0.39 is 15.8 Å². The molecule has 9 nitrogen and oxygen atoms in total. The Morgan fingerprint density at radius 3 is 2.52 bits per heavy atom. The van der Waals surface area contributed by atoms with Gasteiger partial charge >= 0.3 is 0 Å². The first-order valence-electron chi connectivity index (χ1n) is 10.4. The van der Waals surface area contributed by atoms with Crippen LogP contribution >= 0.6 is 0 Å². The predicted molar refractivity (Wildman–Crippen MR) is 105 cm³/mol. The summed E-state index contributed by atoms with van der Waals surface area (Å²) in [5, 5.41) is 0.0507. The fraction of sp³-hybridized carbons (Fsp3) is 0.789. The first kappa shape index (κ1) is 20.8. The molecule has 3 aliphatic rings. The summed E-state index contributed by atoms with van der Waals surface area (Å²) in [5.41, 5.74) is 0. The SMILES string of the molecule is CC(C)n1cnc(S(=O)(=O)N2CCC[C@@H](C(=O)N3CCC4(CC3)OCCO4)C2)c1. The number of amides is 1. The zero-order valence-corrected chi connectivity index (χ0v) is 17.9. The summed E-state index contributed by atoms with van der Waals surface area (Å²) in [6.07, 6.45) is 5.82. The molecule has 0 unspecified atom stereocenters. The molecule has 4 heterocycles. The number of sulfonamides is 1. The van der Waals surface area contributed by atoms with Gasteiger partial charge in [0, 0.05) is 51.3 Å². The first-order chi connectivity index (χ1) is 13.8. The van der Waals surface area contributed by atoms with Crippen LogP contribution in [0.5, 0.6) is 0 Å². The number of hydrogen-bond acceptors (Lipinski definition) is 6. The number of carbonyl (C=O) groups is 1. The van der Waals surface area contributed by atoms with Crippen LogP contribution in [0.25, 0.3) is 0 Å². The molecule has 29 heavy (non-hydrogen) atoms. The van der Waals surface area contributed by atoms with E-state index in [2.05, 4.69) is 4.98 Å². The third kappa shape index (κ3) is 4.08. The lowest BCUT2D eigenvalue weighted by molar-refractivity contribution is -0.188. The lowest BCUT2D eigenvalue weighted by Crippen LogP contribution is -2.51. The van der Waals surface area contributed by atoms with E-state index in [0.29, 0.717) is 58.5 Å². The van der Waals surface area contributed by atoms with E-state index in [1.807, 2.05) is 18.7 Å². The minimum atomic E-state index is -3.70. The van der Waals surface area contributed by atoms with Gasteiger partial charge in [-0.2, -0.15) is 4.31 Å². The van der Waals surface area contributed by atoms with Gasteiger partial charge in [0.05, 0.1) is 25.5 Å². The number of nitrogens with zero attached hydrogens (tertiary/aromatic N) is 4. The Kier molecular flexibility index (Phi) is 5.71. The molecule has 3 fully saturated rings. The highest BCUT2D eigenvalue weighted by Crippen LogP contribution is 2.33. The van der Waals surface area contributed by atoms with Gasteiger partial charge < -0.3 is 18.9 Å². The van der Waals surface area contributed by atoms with Crippen LogP contribution in [0.1, 0.15) is 45.6 Å². The van der Waals surface area contributed by atoms with Crippen LogP contribution in [-0.2, 0) is 24.3 Å². The quantitative estimate of drug-likeness (QED) is 0.719. The molecular formula is C19H30N4O5S. The summed E-state index contributed by atoms with van der Waals surface area (Å²) >= 11 is 0. The van der Waals surface area contributed by atoms with Crippen LogP contribution in [0.15, 0.2) is 17.6 Å². The van der Waals surface area contributed by atoms with Gasteiger partial charge in [0.25, 0.3) is 10.0 Å². The molecule has 0 aliphatic carbocycles. The van der Waals surface area contributed by atoms with Crippen molar-refractivity contribution in [3.63, 3.8) is 0 Å². The van der Waals surface area contributed by atoms with Crippen molar-refractivity contribution in [1.82, 2.24) is 18.8 Å². The number of imidazole rings is 1. The van der Waals surface area contributed by atoms with Gasteiger partial charge in [-0.15, -0.1) is 0 Å². The topological polar surface area (TPSA) is 94.0 Å². The highest BCUT2D eigenvalue weighted by Gasteiger charge is 2.43. The van der Waals surface area contributed by atoms with Crippen LogP contribution < -0.4 is 0 Å². The van der Waals surface area contributed by atoms with Gasteiger partial charge in [-0.3, -0.25) is 4.79 Å². The van der Waals surface area contributed by atoms with Crippen molar-refractivity contribution in [2.24, 2.45) is 5.92 Å². The standard InChI is InChI=1S/C19H30N4O5S/c1-15(2)22-13-17(20-14-22)29(25,26)23-7-3-4-16(12-23)18(24)21-8-5-19(6-9-21)27-10-11-28-19/h13-16H,3-12H2,1-2H3/t16-/m1/s1. The summed E-state index contributed by atoms with van der Waals surface area (Å²) in [5.74, 6) is -0.802. The van der Waals surface area contributed by atoms with E-state index in [9.17, 15) is 13.2 Å². The Balaban J connectivity index is 1.40. The number of carbonyl (C=O) groups excluding carboxylic acids is 1. The minimum Gasteiger partial charge on any atom is -0.347 e. The molecule has 1 spiro atoms. The summed E-state index contributed by atoms with van der Waals surface area (Å²) in [6, 6.07) is 0.136. The molecule has 3 saturated heterocycles. The molecule has 1 aromatic heterocycles. The number of piperidine rings is 2. The Morgan fingerprint density at radius 2 is 1.90 bits per heavy atom. The summed E-state index contributed by atoms with van der Waals surface area (Å²) in [7, 11) is -3.70. The molecule has 1 amide bonds. The highest BCUT2D eigenvalue weighted by molar-refractivity contribution is 7.89. The van der Waals surface area contributed by atoms with Crippen molar-refractivity contribution in [1.29, 1.82) is 0 Å². The number of aromatic nitrogens is 2. The number of rotatable bonds is 4. The number of ether oxygens (including phenoxy) is 2. The largest absolute Gasteiger partial charge is 0.347 e. The molecule has 4 rings (SSSR count). The van der Waals surface area contributed by atoms with E-state index in [0.717, 1.165) is 0 Å². The zero-order valence-electron chi connectivity index (χ0n) is 17.1. The van der Waals surface area contributed by atoms with Crippen molar-refractivity contribution >= 4 is 15.9 Å². The van der Waals surface area contributed by atoms with E-state index in [1.54, 1.807) is 17.1 Å². The first-order valence-corrected chi connectivity index (χ1v) is 11.9. The van der Waals surface area contributed by atoms with Crippen LogP contribution in [0.4, 0.5) is 0 Å². The van der Waals surface area contributed by atoms with Crippen LogP contribution in [0, 0.1) is 5.92 Å². The fourth-order valence-electron chi connectivity index (χ4n) is 4.34. The monoisotopic (exact) mass is 426 g/mol. The summed E-state index contributed by atoms with van der Waals surface area (Å²) in [6.45, 7) is 6.96. The van der Waals surface area contributed by atoms with Gasteiger partial charge in [-0.25, -0.2) is 13.4 Å². The van der Waals surface area contributed by atoms with Crippen molar-refractivity contribution in [2.75, 3.05) is 39.4 Å². The Bertz CT molecular complexity index is 837. The van der Waals surface area contributed by atoms with Crippen LogP contribution in [0.2, 0.25) is 0 Å².